The van der Waals surface area contributed by atoms with Crippen LogP contribution in [0.3, 0.4) is 0 Å². The van der Waals surface area contributed by atoms with Crippen molar-refractivity contribution in [1.82, 2.24) is 0 Å². The van der Waals surface area contributed by atoms with Gasteiger partial charge < -0.3 is 14.8 Å². The minimum Gasteiger partial charge on any atom is -0.495 e. The second-order valence-electron chi connectivity index (χ2n) is 4.98. The maximum atomic E-state index is 11.3. The Kier molecular flexibility index (Phi) is 6.23. The molecule has 0 amide bonds. The summed E-state index contributed by atoms with van der Waals surface area (Å²) in [5.74, 6) is 0.814. The molecule has 0 saturated heterocycles. The van der Waals surface area contributed by atoms with E-state index >= 15 is 0 Å². The number of nitro benzene ring substituents is 2. The van der Waals surface area contributed by atoms with Crippen LogP contribution in [0.15, 0.2) is 39.0 Å². The number of azo groups is 1. The Morgan fingerprint density at radius 1 is 1.00 bits per heavy atom. The van der Waals surface area contributed by atoms with Gasteiger partial charge in [0.2, 0.25) is 0 Å². The first-order chi connectivity index (χ1) is 12.8. The molecule has 0 bridgehead atoms. The number of nitrogens with one attached hydrogen (secondary N) is 1. The predicted octanol–water partition coefficient (Wildman–Crippen LogP) is 4.74. The molecule has 11 nitrogen and oxygen atoms in total. The van der Waals surface area contributed by atoms with Crippen LogP contribution in [0.25, 0.3) is 0 Å². The number of ether oxygens (including phenoxy) is 2. The summed E-state index contributed by atoms with van der Waals surface area (Å²) in [6.07, 6.45) is 0. The first kappa shape index (κ1) is 20.0. The van der Waals surface area contributed by atoms with E-state index in [0.29, 0.717) is 17.2 Å². The molecule has 2 aromatic carbocycles. The van der Waals surface area contributed by atoms with Crippen LogP contribution in [-0.4, -0.2) is 31.1 Å². The SMILES string of the molecule is CNc1cc(OC)c(N=Nc2c(Br)cc([N+](=O)[O-])cc2[N+](=O)[O-])cc1OC. The van der Waals surface area contributed by atoms with E-state index in [1.54, 1.807) is 19.2 Å². The van der Waals surface area contributed by atoms with Crippen LogP contribution >= 0.6 is 15.9 Å². The first-order valence-corrected chi connectivity index (χ1v) is 8.09. The quantitative estimate of drug-likeness (QED) is 0.372. The van der Waals surface area contributed by atoms with Crippen LogP contribution in [0.4, 0.5) is 28.4 Å². The summed E-state index contributed by atoms with van der Waals surface area (Å²) < 4.78 is 10.6. The van der Waals surface area contributed by atoms with Crippen molar-refractivity contribution in [2.75, 3.05) is 26.6 Å². The molecule has 0 heterocycles. The van der Waals surface area contributed by atoms with Gasteiger partial charge >= 0.3 is 5.69 Å². The van der Waals surface area contributed by atoms with Crippen LogP contribution in [0.2, 0.25) is 0 Å². The van der Waals surface area contributed by atoms with Crippen LogP contribution in [0, 0.1) is 20.2 Å². The van der Waals surface area contributed by atoms with Crippen molar-refractivity contribution >= 4 is 44.4 Å². The fourth-order valence-corrected chi connectivity index (χ4v) is 2.69. The van der Waals surface area contributed by atoms with Gasteiger partial charge in [-0.3, -0.25) is 20.2 Å². The van der Waals surface area contributed by atoms with E-state index in [-0.39, 0.29) is 15.8 Å². The van der Waals surface area contributed by atoms with Gasteiger partial charge in [-0.1, -0.05) is 0 Å². The molecular weight excluding hydrogens is 426 g/mol. The van der Waals surface area contributed by atoms with Crippen LogP contribution in [0.5, 0.6) is 11.5 Å². The molecular formula is C15H14BrN5O6. The molecule has 0 aliphatic rings. The van der Waals surface area contributed by atoms with Gasteiger partial charge in [0.25, 0.3) is 5.69 Å². The van der Waals surface area contributed by atoms with E-state index < -0.39 is 21.2 Å². The highest BCUT2D eigenvalue weighted by atomic mass is 79.9. The molecule has 0 radical (unpaired) electrons. The second-order valence-corrected chi connectivity index (χ2v) is 5.84. The third-order valence-corrected chi connectivity index (χ3v) is 4.07. The molecule has 0 saturated carbocycles. The number of nitrogens with zero attached hydrogens (tertiary/aromatic N) is 4. The standard InChI is InChI=1S/C15H14BrN5O6/c1-17-10-6-14(27-3)11(7-13(10)26-2)18-19-15-9(16)4-8(20(22)23)5-12(15)21(24)25/h4-7,17H,1-3H3. The Labute approximate surface area is 161 Å². The molecule has 2 aromatic rings. The van der Waals surface area contributed by atoms with Gasteiger partial charge in [0.1, 0.15) is 17.2 Å². The lowest BCUT2D eigenvalue weighted by Crippen LogP contribution is -1.95. The number of rotatable bonds is 7. The first-order valence-electron chi connectivity index (χ1n) is 7.30. The summed E-state index contributed by atoms with van der Waals surface area (Å²) >= 11 is 3.07. The van der Waals surface area contributed by atoms with E-state index in [1.807, 2.05) is 0 Å². The molecule has 0 fully saturated rings. The summed E-state index contributed by atoms with van der Waals surface area (Å²) in [5.41, 5.74) is -0.254. The third-order valence-electron chi connectivity index (χ3n) is 3.46. The summed E-state index contributed by atoms with van der Waals surface area (Å²) in [4.78, 5) is 20.7. The Morgan fingerprint density at radius 2 is 1.67 bits per heavy atom. The molecule has 12 heteroatoms. The minimum atomic E-state index is -0.770. The average molecular weight is 440 g/mol. The van der Waals surface area contributed by atoms with Gasteiger partial charge in [-0.25, -0.2) is 0 Å². The van der Waals surface area contributed by atoms with Crippen molar-refractivity contribution in [1.29, 1.82) is 0 Å². The zero-order valence-corrected chi connectivity index (χ0v) is 16.0. The Hall–Kier alpha value is -3.28. The van der Waals surface area contributed by atoms with Crippen molar-refractivity contribution < 1.29 is 19.3 Å². The number of nitro groups is 2. The summed E-state index contributed by atoms with van der Waals surface area (Å²) in [7, 11) is 4.61. The molecule has 0 atom stereocenters. The van der Waals surface area contributed by atoms with Crippen molar-refractivity contribution in [2.24, 2.45) is 10.2 Å². The highest BCUT2D eigenvalue weighted by molar-refractivity contribution is 9.10. The van der Waals surface area contributed by atoms with Crippen molar-refractivity contribution in [2.45, 2.75) is 0 Å². The predicted molar refractivity (Wildman–Crippen MR) is 101 cm³/mol. The largest absolute Gasteiger partial charge is 0.495 e. The van der Waals surface area contributed by atoms with Gasteiger partial charge in [-0.2, -0.15) is 0 Å². The smallest absolute Gasteiger partial charge is 0.304 e. The number of hydrogen-bond donors (Lipinski definition) is 1. The Morgan fingerprint density at radius 3 is 2.19 bits per heavy atom. The molecule has 0 spiro atoms. The summed E-state index contributed by atoms with van der Waals surface area (Å²) in [6, 6.07) is 5.11. The highest BCUT2D eigenvalue weighted by Crippen LogP contribution is 2.42. The maximum Gasteiger partial charge on any atom is 0.304 e. The van der Waals surface area contributed by atoms with Crippen LogP contribution in [-0.2, 0) is 0 Å². The number of non-ortho nitro benzene ring substituents is 1. The van der Waals surface area contributed by atoms with Crippen LogP contribution in [0.1, 0.15) is 0 Å². The van der Waals surface area contributed by atoms with Gasteiger partial charge in [-0.05, 0) is 15.9 Å². The molecule has 0 aliphatic carbocycles. The van der Waals surface area contributed by atoms with E-state index in [9.17, 15) is 20.2 Å². The molecule has 0 aromatic heterocycles. The zero-order chi connectivity index (χ0) is 20.1. The molecule has 0 unspecified atom stereocenters. The summed E-state index contributed by atoms with van der Waals surface area (Å²) in [6.45, 7) is 0. The minimum absolute atomic E-state index is 0.0601. The third kappa shape index (κ3) is 4.28. The monoisotopic (exact) mass is 439 g/mol. The highest BCUT2D eigenvalue weighted by Gasteiger charge is 2.23. The molecule has 27 heavy (non-hydrogen) atoms. The van der Waals surface area contributed by atoms with E-state index in [0.717, 1.165) is 12.1 Å². The second kappa shape index (κ2) is 8.40. The van der Waals surface area contributed by atoms with E-state index in [2.05, 4.69) is 31.5 Å². The van der Waals surface area contributed by atoms with Gasteiger partial charge in [0.15, 0.2) is 5.69 Å². The topological polar surface area (TPSA) is 141 Å². The Bertz CT molecular complexity index is 933. The molecule has 1 N–H and O–H groups in total. The normalized spacial score (nSPS) is 10.7. The zero-order valence-electron chi connectivity index (χ0n) is 14.4. The number of methoxy groups -OCH3 is 2. The van der Waals surface area contributed by atoms with Gasteiger partial charge in [0.05, 0.1) is 40.3 Å². The van der Waals surface area contributed by atoms with Gasteiger partial charge in [0, 0.05) is 25.2 Å². The number of hydrogen-bond acceptors (Lipinski definition) is 9. The van der Waals surface area contributed by atoms with Crippen molar-refractivity contribution in [3.05, 3.63) is 49.0 Å². The summed E-state index contributed by atoms with van der Waals surface area (Å²) in [5, 5.41) is 33.0. The van der Waals surface area contributed by atoms with Crippen molar-refractivity contribution in [3.8, 4) is 11.5 Å². The molecule has 2 rings (SSSR count). The number of halogens is 1. The lowest BCUT2D eigenvalue weighted by atomic mass is 10.2. The number of anilines is 1. The fraction of sp³-hybridized carbons (Fsp3) is 0.200. The average Bonchev–Trinajstić information content (AvgIpc) is 2.65. The molecule has 142 valence electrons. The van der Waals surface area contributed by atoms with E-state index in [1.165, 1.54) is 14.2 Å². The number of benzene rings is 2. The van der Waals surface area contributed by atoms with Crippen LogP contribution < -0.4 is 14.8 Å². The van der Waals surface area contributed by atoms with Gasteiger partial charge in [-0.15, -0.1) is 10.2 Å². The Balaban J connectivity index is 2.58. The molecule has 0 aliphatic heterocycles. The fourth-order valence-electron chi connectivity index (χ4n) is 2.17. The lowest BCUT2D eigenvalue weighted by molar-refractivity contribution is -0.393. The van der Waals surface area contributed by atoms with Crippen molar-refractivity contribution in [3.63, 3.8) is 0 Å². The maximum absolute atomic E-state index is 11.3. The van der Waals surface area contributed by atoms with E-state index in [4.69, 9.17) is 9.47 Å². The lowest BCUT2D eigenvalue weighted by Gasteiger charge is -2.11.